The predicted molar refractivity (Wildman–Crippen MR) is 104 cm³/mol. The van der Waals surface area contributed by atoms with E-state index in [4.69, 9.17) is 8.83 Å². The highest BCUT2D eigenvalue weighted by molar-refractivity contribution is 6.27. The van der Waals surface area contributed by atoms with Gasteiger partial charge in [0.15, 0.2) is 0 Å². The van der Waals surface area contributed by atoms with E-state index in [0.29, 0.717) is 0 Å². The molecule has 0 radical (unpaired) electrons. The molecule has 0 aliphatic carbocycles. The predicted octanol–water partition coefficient (Wildman–Crippen LogP) is 7.09. The highest BCUT2D eigenvalue weighted by Gasteiger charge is 2.28. The quantitative estimate of drug-likeness (QED) is 0.303. The van der Waals surface area contributed by atoms with Gasteiger partial charge in [0.05, 0.1) is 0 Å². The Labute approximate surface area is 146 Å². The molecule has 2 nitrogen and oxygen atoms in total. The van der Waals surface area contributed by atoms with Gasteiger partial charge in [-0.05, 0) is 30.0 Å². The number of fused-ring (bicyclic) bond motifs is 7. The van der Waals surface area contributed by atoms with E-state index < -0.39 is 0 Å². The van der Waals surface area contributed by atoms with Crippen molar-refractivity contribution in [3.8, 4) is 0 Å². The van der Waals surface area contributed by atoms with E-state index in [9.17, 15) is 0 Å². The van der Waals surface area contributed by atoms with Gasteiger partial charge in [0.1, 0.15) is 22.3 Å². The molecule has 0 N–H and O–H groups in total. The van der Waals surface area contributed by atoms with Crippen molar-refractivity contribution in [3.63, 3.8) is 0 Å². The summed E-state index contributed by atoms with van der Waals surface area (Å²) in [6, 6.07) is 16.6. The molecule has 25 heavy (non-hydrogen) atoms. The molecular formula is C23H20O2. The van der Waals surface area contributed by atoms with Crippen molar-refractivity contribution in [2.45, 2.75) is 33.1 Å². The molecule has 0 atom stereocenters. The molecule has 5 rings (SSSR count). The maximum Gasteiger partial charge on any atom is 0.140 e. The fourth-order valence-corrected chi connectivity index (χ4v) is 4.21. The maximum atomic E-state index is 6.38. The number of hydrogen-bond donors (Lipinski definition) is 0. The van der Waals surface area contributed by atoms with Crippen LogP contribution >= 0.6 is 0 Å². The van der Waals surface area contributed by atoms with E-state index in [1.54, 1.807) is 0 Å². The SMILES string of the molecule is Cc1c(C(C)(C)C)c2oc3ccccc3c2c2c1oc1ccccc12. The Morgan fingerprint density at radius 2 is 1.16 bits per heavy atom. The van der Waals surface area contributed by atoms with Crippen molar-refractivity contribution in [2.75, 3.05) is 0 Å². The first-order valence-corrected chi connectivity index (χ1v) is 8.72. The second-order valence-corrected chi connectivity index (χ2v) is 7.85. The first-order valence-electron chi connectivity index (χ1n) is 8.72. The summed E-state index contributed by atoms with van der Waals surface area (Å²) in [5, 5.41) is 4.64. The first-order chi connectivity index (χ1) is 12.0. The molecule has 3 aromatic carbocycles. The third kappa shape index (κ3) is 1.85. The summed E-state index contributed by atoms with van der Waals surface area (Å²) < 4.78 is 12.7. The second-order valence-electron chi connectivity index (χ2n) is 7.85. The first kappa shape index (κ1) is 14.6. The molecule has 5 aromatic rings. The minimum Gasteiger partial charge on any atom is -0.456 e. The minimum atomic E-state index is -0.0383. The minimum absolute atomic E-state index is 0.0383. The van der Waals surface area contributed by atoms with Crippen molar-refractivity contribution < 1.29 is 8.83 Å². The van der Waals surface area contributed by atoms with E-state index in [0.717, 1.165) is 33.1 Å². The Kier molecular flexibility index (Phi) is 2.72. The van der Waals surface area contributed by atoms with Gasteiger partial charge in [-0.25, -0.2) is 0 Å². The average Bonchev–Trinajstić information content (AvgIpc) is 3.11. The summed E-state index contributed by atoms with van der Waals surface area (Å²) in [6.07, 6.45) is 0. The van der Waals surface area contributed by atoms with Gasteiger partial charge in [0.25, 0.3) is 0 Å². The molecule has 2 aromatic heterocycles. The number of benzene rings is 3. The summed E-state index contributed by atoms with van der Waals surface area (Å²) >= 11 is 0. The largest absolute Gasteiger partial charge is 0.456 e. The molecule has 0 saturated heterocycles. The lowest BCUT2D eigenvalue weighted by Crippen LogP contribution is -2.13. The van der Waals surface area contributed by atoms with E-state index in [1.165, 1.54) is 21.9 Å². The summed E-state index contributed by atoms with van der Waals surface area (Å²) in [5.74, 6) is 0. The van der Waals surface area contributed by atoms with Gasteiger partial charge in [-0.15, -0.1) is 0 Å². The topological polar surface area (TPSA) is 26.3 Å². The van der Waals surface area contributed by atoms with Gasteiger partial charge in [-0.3, -0.25) is 0 Å². The molecule has 0 fully saturated rings. The lowest BCUT2D eigenvalue weighted by atomic mass is 9.82. The van der Waals surface area contributed by atoms with Crippen molar-refractivity contribution in [1.82, 2.24) is 0 Å². The molecule has 0 bridgehead atoms. The molecule has 0 saturated carbocycles. The maximum absolute atomic E-state index is 6.38. The monoisotopic (exact) mass is 328 g/mol. The molecule has 0 aliphatic rings. The summed E-state index contributed by atoms with van der Waals surface area (Å²) in [7, 11) is 0. The van der Waals surface area contributed by atoms with Crippen LogP contribution in [0.4, 0.5) is 0 Å². The zero-order chi connectivity index (χ0) is 17.3. The van der Waals surface area contributed by atoms with E-state index >= 15 is 0 Å². The van der Waals surface area contributed by atoms with Crippen LogP contribution in [-0.2, 0) is 5.41 Å². The lowest BCUT2D eigenvalue weighted by Gasteiger charge is -2.22. The zero-order valence-electron chi connectivity index (χ0n) is 14.9. The van der Waals surface area contributed by atoms with Gasteiger partial charge in [-0.2, -0.15) is 0 Å². The number of aryl methyl sites for hydroxylation is 1. The fraction of sp³-hybridized carbons (Fsp3) is 0.217. The van der Waals surface area contributed by atoms with Crippen LogP contribution in [0.25, 0.3) is 43.9 Å². The average molecular weight is 328 g/mol. The summed E-state index contributed by atoms with van der Waals surface area (Å²) in [4.78, 5) is 0. The molecular weight excluding hydrogens is 308 g/mol. The number of hydrogen-bond acceptors (Lipinski definition) is 2. The van der Waals surface area contributed by atoms with E-state index in [-0.39, 0.29) is 5.41 Å². The van der Waals surface area contributed by atoms with Crippen LogP contribution in [-0.4, -0.2) is 0 Å². The van der Waals surface area contributed by atoms with Crippen LogP contribution in [0, 0.1) is 6.92 Å². The highest BCUT2D eigenvalue weighted by Crippen LogP contribution is 2.46. The van der Waals surface area contributed by atoms with Crippen molar-refractivity contribution in [2.24, 2.45) is 0 Å². The standard InChI is InChI=1S/C23H20O2/c1-13-20(23(2,3)4)22-19(15-10-6-8-12-17(15)25-22)18-14-9-5-7-11-16(14)24-21(13)18/h5-12H,1-4H3. The van der Waals surface area contributed by atoms with E-state index in [2.05, 4.69) is 52.0 Å². The van der Waals surface area contributed by atoms with Crippen molar-refractivity contribution in [3.05, 3.63) is 59.7 Å². The Morgan fingerprint density at radius 1 is 0.680 bits per heavy atom. The third-order valence-corrected chi connectivity index (χ3v) is 5.13. The highest BCUT2D eigenvalue weighted by atomic mass is 16.3. The van der Waals surface area contributed by atoms with Crippen LogP contribution in [0.3, 0.4) is 0 Å². The van der Waals surface area contributed by atoms with E-state index in [1.807, 2.05) is 24.3 Å². The zero-order valence-corrected chi connectivity index (χ0v) is 14.9. The number of furan rings is 2. The van der Waals surface area contributed by atoms with Crippen LogP contribution in [0.5, 0.6) is 0 Å². The molecule has 0 spiro atoms. The molecule has 124 valence electrons. The fourth-order valence-electron chi connectivity index (χ4n) is 4.21. The van der Waals surface area contributed by atoms with Crippen LogP contribution < -0.4 is 0 Å². The van der Waals surface area contributed by atoms with Crippen molar-refractivity contribution >= 4 is 43.9 Å². The van der Waals surface area contributed by atoms with Gasteiger partial charge < -0.3 is 8.83 Å². The van der Waals surface area contributed by atoms with Crippen LogP contribution in [0.15, 0.2) is 57.4 Å². The van der Waals surface area contributed by atoms with Gasteiger partial charge in [-0.1, -0.05) is 57.2 Å². The number of para-hydroxylation sites is 2. The smallest absolute Gasteiger partial charge is 0.140 e. The molecule has 0 aliphatic heterocycles. The lowest BCUT2D eigenvalue weighted by molar-refractivity contribution is 0.566. The normalized spacial score (nSPS) is 12.8. The third-order valence-electron chi connectivity index (χ3n) is 5.13. The molecule has 0 unspecified atom stereocenters. The van der Waals surface area contributed by atoms with Crippen LogP contribution in [0.1, 0.15) is 31.9 Å². The Morgan fingerprint density at radius 3 is 1.72 bits per heavy atom. The Bertz CT molecular complexity index is 1280. The summed E-state index contributed by atoms with van der Waals surface area (Å²) in [6.45, 7) is 8.85. The van der Waals surface area contributed by atoms with Crippen molar-refractivity contribution in [1.29, 1.82) is 0 Å². The number of rotatable bonds is 0. The van der Waals surface area contributed by atoms with Gasteiger partial charge >= 0.3 is 0 Å². The van der Waals surface area contributed by atoms with Gasteiger partial charge in [0, 0.05) is 27.1 Å². The Hall–Kier alpha value is -2.74. The van der Waals surface area contributed by atoms with Gasteiger partial charge in [0.2, 0.25) is 0 Å². The van der Waals surface area contributed by atoms with Crippen LogP contribution in [0.2, 0.25) is 0 Å². The Balaban J connectivity index is 2.20. The summed E-state index contributed by atoms with van der Waals surface area (Å²) in [5.41, 5.74) is 6.19. The second kappa shape index (κ2) is 4.66. The molecule has 2 heterocycles. The molecule has 0 amide bonds. The molecule has 2 heteroatoms.